The Hall–Kier alpha value is -3.74. The van der Waals surface area contributed by atoms with Crippen LogP contribution in [0.2, 0.25) is 0 Å². The molecule has 2 aromatic carbocycles. The molecule has 1 heterocycles. The predicted octanol–water partition coefficient (Wildman–Crippen LogP) is 5.19. The van der Waals surface area contributed by atoms with E-state index in [1.807, 2.05) is 24.9 Å². The van der Waals surface area contributed by atoms with Crippen LogP contribution in [-0.4, -0.2) is 41.6 Å². The molecule has 0 aromatic heterocycles. The third-order valence-corrected chi connectivity index (χ3v) is 8.04. The number of carbonyl (C=O) groups excluding carboxylic acids is 4. The Morgan fingerprint density at radius 3 is 2.16 bits per heavy atom. The van der Waals surface area contributed by atoms with E-state index in [0.717, 1.165) is 31.3 Å². The molecule has 1 N–H and O–H groups in total. The Morgan fingerprint density at radius 2 is 1.49 bits per heavy atom. The van der Waals surface area contributed by atoms with E-state index in [-0.39, 0.29) is 35.5 Å². The first-order valence-electron chi connectivity index (χ1n) is 13.2. The van der Waals surface area contributed by atoms with Gasteiger partial charge in [-0.3, -0.25) is 24.1 Å². The molecule has 2 aliphatic carbocycles. The fraction of sp³-hybridized carbons (Fsp3) is 0.400. The van der Waals surface area contributed by atoms with Gasteiger partial charge >= 0.3 is 0 Å². The minimum Gasteiger partial charge on any atom is -0.339 e. The van der Waals surface area contributed by atoms with Gasteiger partial charge in [-0.1, -0.05) is 30.9 Å². The summed E-state index contributed by atoms with van der Waals surface area (Å²) in [4.78, 5) is 54.6. The van der Waals surface area contributed by atoms with Crippen LogP contribution < -0.4 is 10.2 Å². The molecule has 2 atom stereocenters. The second-order valence-corrected chi connectivity index (χ2v) is 10.5. The normalized spacial score (nSPS) is 21.9. The summed E-state index contributed by atoms with van der Waals surface area (Å²) >= 11 is 0. The summed E-state index contributed by atoms with van der Waals surface area (Å²) < 4.78 is 0. The molecule has 0 radical (unpaired) electrons. The number of benzene rings is 2. The van der Waals surface area contributed by atoms with Crippen molar-refractivity contribution in [1.29, 1.82) is 0 Å². The highest BCUT2D eigenvalue weighted by Crippen LogP contribution is 2.39. The Morgan fingerprint density at radius 1 is 0.865 bits per heavy atom. The molecule has 7 nitrogen and oxygen atoms in total. The molecular formula is C30H33N3O4. The van der Waals surface area contributed by atoms with Gasteiger partial charge in [0.2, 0.25) is 11.8 Å². The number of allylic oxidation sites excluding steroid dienone is 2. The van der Waals surface area contributed by atoms with E-state index >= 15 is 0 Å². The predicted molar refractivity (Wildman–Crippen MR) is 142 cm³/mol. The van der Waals surface area contributed by atoms with Crippen molar-refractivity contribution in [3.05, 3.63) is 71.3 Å². The quantitative estimate of drug-likeness (QED) is 0.453. The molecule has 1 aliphatic heterocycles. The lowest BCUT2D eigenvalue weighted by Crippen LogP contribution is -2.38. The number of hydrogen-bond acceptors (Lipinski definition) is 4. The summed E-state index contributed by atoms with van der Waals surface area (Å²) in [7, 11) is 1.87. The third-order valence-electron chi connectivity index (χ3n) is 8.04. The van der Waals surface area contributed by atoms with E-state index in [2.05, 4.69) is 5.32 Å². The summed E-state index contributed by atoms with van der Waals surface area (Å²) in [5, 5.41) is 2.85. The van der Waals surface area contributed by atoms with Crippen LogP contribution in [0, 0.1) is 11.8 Å². The minimum atomic E-state index is -0.308. The molecule has 37 heavy (non-hydrogen) atoms. The number of amides is 4. The summed E-state index contributed by atoms with van der Waals surface area (Å²) in [6.45, 7) is 1.99. The van der Waals surface area contributed by atoms with Crippen LogP contribution in [0.4, 0.5) is 11.4 Å². The van der Waals surface area contributed by atoms with E-state index in [1.165, 1.54) is 11.3 Å². The molecule has 3 aliphatic rings. The van der Waals surface area contributed by atoms with Crippen LogP contribution in [0.5, 0.6) is 0 Å². The van der Waals surface area contributed by atoms with Crippen molar-refractivity contribution in [2.45, 2.75) is 57.9 Å². The maximum absolute atomic E-state index is 12.9. The number of nitrogens with zero attached hydrogens (tertiary/aromatic N) is 2. The van der Waals surface area contributed by atoms with Gasteiger partial charge in [-0.2, -0.15) is 0 Å². The van der Waals surface area contributed by atoms with Crippen molar-refractivity contribution < 1.29 is 19.2 Å². The topological polar surface area (TPSA) is 86.8 Å². The Bertz CT molecular complexity index is 1240. The minimum absolute atomic E-state index is 0.00263. The van der Waals surface area contributed by atoms with Gasteiger partial charge in [0.25, 0.3) is 11.8 Å². The number of fused-ring (bicyclic) bond motifs is 1. The lowest BCUT2D eigenvalue weighted by Gasteiger charge is -2.31. The largest absolute Gasteiger partial charge is 0.339 e. The average molecular weight is 500 g/mol. The molecule has 4 amide bonds. The van der Waals surface area contributed by atoms with E-state index < -0.39 is 0 Å². The number of rotatable bonds is 5. The first-order valence-corrected chi connectivity index (χ1v) is 13.2. The highest BCUT2D eigenvalue weighted by Gasteiger charge is 2.48. The van der Waals surface area contributed by atoms with Gasteiger partial charge in [0.1, 0.15) is 0 Å². The smallest absolute Gasteiger partial charge is 0.255 e. The fourth-order valence-corrected chi connectivity index (χ4v) is 5.79. The second kappa shape index (κ2) is 10.3. The lowest BCUT2D eigenvalue weighted by atomic mass is 9.82. The van der Waals surface area contributed by atoms with Gasteiger partial charge in [0.15, 0.2) is 0 Å². The zero-order chi connectivity index (χ0) is 26.1. The molecule has 2 aromatic rings. The summed E-state index contributed by atoms with van der Waals surface area (Å²) in [6, 6.07) is 13.8. The van der Waals surface area contributed by atoms with Crippen LogP contribution in [0.15, 0.2) is 60.2 Å². The molecule has 1 saturated carbocycles. The number of imide groups is 1. The highest BCUT2D eigenvalue weighted by atomic mass is 16.2. The zero-order valence-electron chi connectivity index (χ0n) is 21.4. The number of anilines is 2. The van der Waals surface area contributed by atoms with Crippen molar-refractivity contribution in [3.8, 4) is 0 Å². The Balaban J connectivity index is 1.21. The standard InChI is InChI=1S/C30H33N3O4/c1-19-8-17-25-26(18-19)30(37)33(29(25)36)24-15-11-20(12-16-24)27(34)31-22-13-9-21(10-14-22)28(35)32(2)23-6-4-3-5-7-23/h8-16,23,25-26H,3-7,17-18H2,1-2H3,(H,31,34)/t25-,26+/m1/s1. The van der Waals surface area contributed by atoms with Crippen molar-refractivity contribution >= 4 is 35.0 Å². The van der Waals surface area contributed by atoms with Crippen molar-refractivity contribution in [2.75, 3.05) is 17.3 Å². The monoisotopic (exact) mass is 499 g/mol. The van der Waals surface area contributed by atoms with Crippen molar-refractivity contribution in [2.24, 2.45) is 11.8 Å². The molecule has 192 valence electrons. The highest BCUT2D eigenvalue weighted by molar-refractivity contribution is 6.22. The molecule has 2 fully saturated rings. The SMILES string of the molecule is CC1=CC[C@H]2C(=O)N(c3ccc(C(=O)Nc4ccc(C(=O)N(C)C5CCCCC5)cc4)cc3)C(=O)[C@H]2C1. The van der Waals surface area contributed by atoms with Gasteiger partial charge in [-0.15, -0.1) is 0 Å². The first kappa shape index (κ1) is 24.9. The van der Waals surface area contributed by atoms with E-state index in [0.29, 0.717) is 41.4 Å². The second-order valence-electron chi connectivity index (χ2n) is 10.5. The molecule has 0 spiro atoms. The summed E-state index contributed by atoms with van der Waals surface area (Å²) in [6.07, 6.45) is 8.92. The number of carbonyl (C=O) groups is 4. The van der Waals surface area contributed by atoms with Gasteiger partial charge in [0.05, 0.1) is 17.5 Å². The average Bonchev–Trinajstić information content (AvgIpc) is 3.17. The maximum atomic E-state index is 12.9. The first-order chi connectivity index (χ1) is 17.8. The molecular weight excluding hydrogens is 466 g/mol. The summed E-state index contributed by atoms with van der Waals surface area (Å²) in [5.74, 6) is -1.23. The molecule has 5 rings (SSSR count). The Labute approximate surface area is 217 Å². The lowest BCUT2D eigenvalue weighted by molar-refractivity contribution is -0.122. The fourth-order valence-electron chi connectivity index (χ4n) is 5.79. The van der Waals surface area contributed by atoms with E-state index in [1.54, 1.807) is 48.5 Å². The molecule has 1 saturated heterocycles. The third kappa shape index (κ3) is 4.95. The van der Waals surface area contributed by atoms with Gasteiger partial charge in [0, 0.05) is 29.9 Å². The molecule has 0 bridgehead atoms. The maximum Gasteiger partial charge on any atom is 0.255 e. The van der Waals surface area contributed by atoms with Crippen LogP contribution in [-0.2, 0) is 9.59 Å². The van der Waals surface area contributed by atoms with Crippen LogP contribution >= 0.6 is 0 Å². The van der Waals surface area contributed by atoms with E-state index in [9.17, 15) is 19.2 Å². The van der Waals surface area contributed by atoms with Crippen molar-refractivity contribution in [1.82, 2.24) is 4.90 Å². The zero-order valence-corrected chi connectivity index (χ0v) is 21.4. The molecule has 7 heteroatoms. The van der Waals surface area contributed by atoms with Gasteiger partial charge in [-0.05, 0) is 81.1 Å². The van der Waals surface area contributed by atoms with Gasteiger partial charge < -0.3 is 10.2 Å². The number of nitrogens with one attached hydrogen (secondary N) is 1. The van der Waals surface area contributed by atoms with Crippen molar-refractivity contribution in [3.63, 3.8) is 0 Å². The van der Waals surface area contributed by atoms with Crippen LogP contribution in [0.1, 0.15) is 72.6 Å². The van der Waals surface area contributed by atoms with Crippen LogP contribution in [0.3, 0.4) is 0 Å². The number of hydrogen-bond donors (Lipinski definition) is 1. The van der Waals surface area contributed by atoms with E-state index in [4.69, 9.17) is 0 Å². The Kier molecular flexibility index (Phi) is 6.96. The summed E-state index contributed by atoms with van der Waals surface area (Å²) in [5.41, 5.74) is 3.23. The molecule has 0 unspecified atom stereocenters. The van der Waals surface area contributed by atoms with Crippen LogP contribution in [0.25, 0.3) is 0 Å². The van der Waals surface area contributed by atoms with Gasteiger partial charge in [-0.25, -0.2) is 0 Å².